The molecule has 0 spiro atoms. The van der Waals surface area contributed by atoms with Crippen molar-refractivity contribution in [2.45, 2.75) is 11.8 Å². The Morgan fingerprint density at radius 3 is 3.00 bits per heavy atom. The lowest BCUT2D eigenvalue weighted by Crippen LogP contribution is -1.99. The van der Waals surface area contributed by atoms with Gasteiger partial charge >= 0.3 is 0 Å². The summed E-state index contributed by atoms with van der Waals surface area (Å²) < 4.78 is 10.6. The van der Waals surface area contributed by atoms with E-state index < -0.39 is 0 Å². The van der Waals surface area contributed by atoms with E-state index in [4.69, 9.17) is 32.7 Å². The second kappa shape index (κ2) is 4.60. The maximum Gasteiger partial charge on any atom is 0.120 e. The summed E-state index contributed by atoms with van der Waals surface area (Å²) in [5, 5.41) is 0.565. The van der Waals surface area contributed by atoms with Gasteiger partial charge in [-0.2, -0.15) is 0 Å². The largest absolute Gasteiger partial charge is 0.497 e. The van der Waals surface area contributed by atoms with E-state index in [1.54, 1.807) is 7.11 Å². The number of methoxy groups -OCH3 is 1. The Balaban J connectivity index is 2.50. The van der Waals surface area contributed by atoms with Gasteiger partial charge in [0.15, 0.2) is 0 Å². The van der Waals surface area contributed by atoms with Crippen molar-refractivity contribution in [2.75, 3.05) is 20.3 Å². The molecule has 0 aromatic heterocycles. The van der Waals surface area contributed by atoms with Gasteiger partial charge in [0.05, 0.1) is 25.7 Å². The molecule has 0 aliphatic carbocycles. The van der Waals surface area contributed by atoms with Crippen LogP contribution < -0.4 is 4.74 Å². The lowest BCUT2D eigenvalue weighted by Gasteiger charge is -2.13. The highest BCUT2D eigenvalue weighted by Gasteiger charge is 2.20. The predicted octanol–water partition coefficient (Wildman–Crippen LogP) is 3.20. The molecule has 0 saturated carbocycles. The van der Waals surface area contributed by atoms with Crippen molar-refractivity contribution in [2.24, 2.45) is 0 Å². The molecule has 1 atom stereocenters. The van der Waals surface area contributed by atoms with Crippen LogP contribution in [0.1, 0.15) is 16.5 Å². The van der Waals surface area contributed by atoms with E-state index in [1.807, 2.05) is 12.1 Å². The Kier molecular flexibility index (Phi) is 3.39. The number of hydrogen-bond acceptors (Lipinski definition) is 2. The van der Waals surface area contributed by atoms with Gasteiger partial charge in [0.25, 0.3) is 0 Å². The van der Waals surface area contributed by atoms with Crippen molar-refractivity contribution in [3.8, 4) is 5.75 Å². The SMILES string of the molecule is COc1cc(Cl)c2c(c1)C(Cl)COCC2. The Hall–Kier alpha value is -0.440. The first-order valence-electron chi connectivity index (χ1n) is 4.80. The van der Waals surface area contributed by atoms with Gasteiger partial charge in [0, 0.05) is 5.02 Å². The summed E-state index contributed by atoms with van der Waals surface area (Å²) in [6, 6.07) is 3.75. The number of fused-ring (bicyclic) bond motifs is 1. The van der Waals surface area contributed by atoms with Gasteiger partial charge in [-0.15, -0.1) is 11.6 Å². The van der Waals surface area contributed by atoms with Gasteiger partial charge in [-0.25, -0.2) is 0 Å². The first-order valence-corrected chi connectivity index (χ1v) is 5.62. The molecule has 0 radical (unpaired) electrons. The molecule has 0 fully saturated rings. The van der Waals surface area contributed by atoms with Crippen molar-refractivity contribution in [1.29, 1.82) is 0 Å². The molecular weight excluding hydrogens is 235 g/mol. The first kappa shape index (κ1) is 11.1. The van der Waals surface area contributed by atoms with E-state index in [1.165, 1.54) is 0 Å². The zero-order valence-electron chi connectivity index (χ0n) is 8.43. The fourth-order valence-corrected chi connectivity index (χ4v) is 2.34. The molecule has 1 aromatic carbocycles. The maximum absolute atomic E-state index is 6.21. The molecule has 0 N–H and O–H groups in total. The summed E-state index contributed by atoms with van der Waals surface area (Å²) in [7, 11) is 1.62. The van der Waals surface area contributed by atoms with Gasteiger partial charge in [-0.3, -0.25) is 0 Å². The molecule has 0 amide bonds. The maximum atomic E-state index is 6.21. The van der Waals surface area contributed by atoms with Crippen LogP contribution in [0.2, 0.25) is 5.02 Å². The molecule has 0 saturated heterocycles. The zero-order valence-corrected chi connectivity index (χ0v) is 9.94. The van der Waals surface area contributed by atoms with Gasteiger partial charge in [0.2, 0.25) is 0 Å². The minimum absolute atomic E-state index is 0.143. The van der Waals surface area contributed by atoms with E-state index in [2.05, 4.69) is 0 Å². The summed E-state index contributed by atoms with van der Waals surface area (Å²) in [4.78, 5) is 0. The fraction of sp³-hybridized carbons (Fsp3) is 0.455. The summed E-state index contributed by atoms with van der Waals surface area (Å²) in [6.45, 7) is 1.19. The minimum Gasteiger partial charge on any atom is -0.497 e. The van der Waals surface area contributed by atoms with Crippen LogP contribution in [0.25, 0.3) is 0 Å². The third-order valence-electron chi connectivity index (χ3n) is 2.54. The van der Waals surface area contributed by atoms with Crippen molar-refractivity contribution in [3.05, 3.63) is 28.3 Å². The summed E-state index contributed by atoms with van der Waals surface area (Å²) in [6.07, 6.45) is 0.807. The number of halogens is 2. The second-order valence-electron chi connectivity index (χ2n) is 3.47. The highest BCUT2D eigenvalue weighted by molar-refractivity contribution is 6.32. The van der Waals surface area contributed by atoms with Crippen LogP contribution in [-0.2, 0) is 11.2 Å². The van der Waals surface area contributed by atoms with Gasteiger partial charge in [0.1, 0.15) is 5.75 Å². The Morgan fingerprint density at radius 1 is 1.47 bits per heavy atom. The number of benzene rings is 1. The minimum atomic E-state index is -0.143. The molecule has 2 nitrogen and oxygen atoms in total. The highest BCUT2D eigenvalue weighted by Crippen LogP contribution is 2.35. The standard InChI is InChI=1S/C11H12Cl2O2/c1-14-7-4-9-8(10(12)5-7)2-3-15-6-11(9)13/h4-5,11H,2-3,6H2,1H3. The lowest BCUT2D eigenvalue weighted by atomic mass is 10.0. The Labute approximate surface area is 99.1 Å². The van der Waals surface area contributed by atoms with Crippen LogP contribution >= 0.6 is 23.2 Å². The molecule has 4 heteroatoms. The number of ether oxygens (including phenoxy) is 2. The van der Waals surface area contributed by atoms with E-state index in [0.29, 0.717) is 18.2 Å². The topological polar surface area (TPSA) is 18.5 Å². The van der Waals surface area contributed by atoms with Crippen molar-refractivity contribution >= 4 is 23.2 Å². The quantitative estimate of drug-likeness (QED) is 0.709. The molecular formula is C11H12Cl2O2. The molecule has 1 aliphatic heterocycles. The van der Waals surface area contributed by atoms with Crippen molar-refractivity contribution in [1.82, 2.24) is 0 Å². The molecule has 1 heterocycles. The van der Waals surface area contributed by atoms with Crippen molar-refractivity contribution < 1.29 is 9.47 Å². The van der Waals surface area contributed by atoms with Crippen LogP contribution in [0, 0.1) is 0 Å². The summed E-state index contributed by atoms with van der Waals surface area (Å²) >= 11 is 12.4. The van der Waals surface area contributed by atoms with Crippen LogP contribution in [0.4, 0.5) is 0 Å². The van der Waals surface area contributed by atoms with E-state index in [9.17, 15) is 0 Å². The third kappa shape index (κ3) is 2.22. The van der Waals surface area contributed by atoms with Gasteiger partial charge in [-0.05, 0) is 29.7 Å². The Bertz CT molecular complexity index is 366. The molecule has 15 heavy (non-hydrogen) atoms. The highest BCUT2D eigenvalue weighted by atomic mass is 35.5. The smallest absolute Gasteiger partial charge is 0.120 e. The molecule has 1 aromatic rings. The lowest BCUT2D eigenvalue weighted by molar-refractivity contribution is 0.143. The predicted molar refractivity (Wildman–Crippen MR) is 61.1 cm³/mol. The molecule has 1 unspecified atom stereocenters. The average Bonchev–Trinajstić information content (AvgIpc) is 2.41. The van der Waals surface area contributed by atoms with Crippen LogP contribution in [0.3, 0.4) is 0 Å². The van der Waals surface area contributed by atoms with Gasteiger partial charge in [-0.1, -0.05) is 11.6 Å². The molecule has 1 aliphatic rings. The van der Waals surface area contributed by atoms with E-state index in [-0.39, 0.29) is 5.38 Å². The third-order valence-corrected chi connectivity index (χ3v) is 3.24. The zero-order chi connectivity index (χ0) is 10.8. The average molecular weight is 247 g/mol. The fourth-order valence-electron chi connectivity index (χ4n) is 1.74. The first-order chi connectivity index (χ1) is 7.22. The monoisotopic (exact) mass is 246 g/mol. The van der Waals surface area contributed by atoms with Crippen molar-refractivity contribution in [3.63, 3.8) is 0 Å². The molecule has 0 bridgehead atoms. The number of alkyl halides is 1. The number of rotatable bonds is 1. The second-order valence-corrected chi connectivity index (χ2v) is 4.40. The van der Waals surface area contributed by atoms with E-state index in [0.717, 1.165) is 23.3 Å². The van der Waals surface area contributed by atoms with Crippen LogP contribution in [0.5, 0.6) is 5.75 Å². The van der Waals surface area contributed by atoms with Gasteiger partial charge < -0.3 is 9.47 Å². The Morgan fingerprint density at radius 2 is 2.27 bits per heavy atom. The van der Waals surface area contributed by atoms with E-state index >= 15 is 0 Å². The molecule has 2 rings (SSSR count). The summed E-state index contributed by atoms with van der Waals surface area (Å²) in [5.41, 5.74) is 2.11. The van der Waals surface area contributed by atoms with Crippen LogP contribution in [0.15, 0.2) is 12.1 Å². The summed E-state index contributed by atoms with van der Waals surface area (Å²) in [5.74, 6) is 0.742. The normalized spacial score (nSPS) is 20.6. The van der Waals surface area contributed by atoms with Crippen LogP contribution in [-0.4, -0.2) is 20.3 Å². The molecule has 82 valence electrons. The number of hydrogen-bond donors (Lipinski definition) is 0.